The van der Waals surface area contributed by atoms with Crippen molar-refractivity contribution in [3.63, 3.8) is 0 Å². The monoisotopic (exact) mass is 400 g/mol. The van der Waals surface area contributed by atoms with Crippen LogP contribution in [0.1, 0.15) is 24.6 Å². The van der Waals surface area contributed by atoms with Gasteiger partial charge in [-0.3, -0.25) is 4.98 Å². The standard InChI is InChI=1S/C18H17FN6O2S/c19-13-3-5-14(6-4-13)28(26,27)25-11-1-2-16(25)15-7-8-22-18(23-15)24-17-12-20-9-10-21-17/h3-10,12,16H,1-2,11H2,(H,21,22,23,24). The van der Waals surface area contributed by atoms with Crippen molar-refractivity contribution in [1.82, 2.24) is 24.2 Å². The molecule has 1 aliphatic heterocycles. The second kappa shape index (κ2) is 7.56. The van der Waals surface area contributed by atoms with Crippen LogP contribution in [0, 0.1) is 5.82 Å². The maximum Gasteiger partial charge on any atom is 0.243 e. The zero-order chi connectivity index (χ0) is 19.6. The molecule has 8 nitrogen and oxygen atoms in total. The minimum absolute atomic E-state index is 0.0627. The number of aromatic nitrogens is 4. The first kappa shape index (κ1) is 18.4. The van der Waals surface area contributed by atoms with Crippen LogP contribution in [-0.2, 0) is 10.0 Å². The molecule has 144 valence electrons. The number of nitrogens with one attached hydrogen (secondary N) is 1. The largest absolute Gasteiger partial charge is 0.307 e. The molecule has 2 aromatic heterocycles. The molecule has 10 heteroatoms. The number of hydrogen-bond donors (Lipinski definition) is 1. The lowest BCUT2D eigenvalue weighted by Crippen LogP contribution is -2.31. The number of nitrogens with zero attached hydrogens (tertiary/aromatic N) is 5. The fraction of sp³-hybridized carbons (Fsp3) is 0.222. The van der Waals surface area contributed by atoms with Crippen LogP contribution in [0.2, 0.25) is 0 Å². The molecule has 3 aromatic rings. The van der Waals surface area contributed by atoms with Crippen LogP contribution >= 0.6 is 0 Å². The number of rotatable bonds is 5. The molecular weight excluding hydrogens is 383 g/mol. The van der Waals surface area contributed by atoms with Gasteiger partial charge in [-0.15, -0.1) is 0 Å². The number of halogens is 1. The number of benzene rings is 1. The van der Waals surface area contributed by atoms with Crippen LogP contribution < -0.4 is 5.32 Å². The van der Waals surface area contributed by atoms with Crippen LogP contribution in [0.15, 0.2) is 60.0 Å². The van der Waals surface area contributed by atoms with E-state index in [9.17, 15) is 12.8 Å². The van der Waals surface area contributed by atoms with E-state index in [4.69, 9.17) is 0 Å². The van der Waals surface area contributed by atoms with Gasteiger partial charge in [0.2, 0.25) is 16.0 Å². The Labute approximate surface area is 161 Å². The molecule has 0 aliphatic carbocycles. The van der Waals surface area contributed by atoms with Crippen molar-refractivity contribution in [2.45, 2.75) is 23.8 Å². The van der Waals surface area contributed by atoms with Crippen molar-refractivity contribution in [1.29, 1.82) is 0 Å². The molecule has 1 unspecified atom stereocenters. The summed E-state index contributed by atoms with van der Waals surface area (Å²) in [4.78, 5) is 16.8. The molecule has 0 amide bonds. The van der Waals surface area contributed by atoms with Gasteiger partial charge >= 0.3 is 0 Å². The molecule has 1 fully saturated rings. The highest BCUT2D eigenvalue weighted by atomic mass is 32.2. The Bertz CT molecular complexity index is 1060. The predicted molar refractivity (Wildman–Crippen MR) is 99.6 cm³/mol. The maximum absolute atomic E-state index is 13.2. The number of hydrogen-bond acceptors (Lipinski definition) is 7. The molecule has 1 N–H and O–H groups in total. The first-order chi connectivity index (χ1) is 13.5. The van der Waals surface area contributed by atoms with E-state index in [1.807, 2.05) is 0 Å². The van der Waals surface area contributed by atoms with E-state index < -0.39 is 21.9 Å². The Morgan fingerprint density at radius 3 is 2.64 bits per heavy atom. The van der Waals surface area contributed by atoms with E-state index in [0.717, 1.165) is 12.1 Å². The summed E-state index contributed by atoms with van der Waals surface area (Å²) in [6.45, 7) is 0.376. The third-order valence-electron chi connectivity index (χ3n) is 4.45. The predicted octanol–water partition coefficient (Wildman–Crippen LogP) is 2.68. The summed E-state index contributed by atoms with van der Waals surface area (Å²) in [5, 5.41) is 2.95. The molecule has 0 bridgehead atoms. The molecule has 0 saturated carbocycles. The fourth-order valence-electron chi connectivity index (χ4n) is 3.16. The third-order valence-corrected chi connectivity index (χ3v) is 6.37. The molecule has 1 saturated heterocycles. The summed E-state index contributed by atoms with van der Waals surface area (Å²) in [7, 11) is -3.76. The van der Waals surface area contributed by atoms with Crippen molar-refractivity contribution in [3.05, 3.63) is 66.6 Å². The highest BCUT2D eigenvalue weighted by Gasteiger charge is 2.37. The SMILES string of the molecule is O=S(=O)(c1ccc(F)cc1)N1CCCC1c1ccnc(Nc2cnccn2)n1. The summed E-state index contributed by atoms with van der Waals surface area (Å²) in [6.07, 6.45) is 7.56. The van der Waals surface area contributed by atoms with Gasteiger partial charge in [-0.05, 0) is 43.2 Å². The Hall–Kier alpha value is -2.98. The van der Waals surface area contributed by atoms with Gasteiger partial charge in [0.1, 0.15) is 5.82 Å². The van der Waals surface area contributed by atoms with E-state index in [1.54, 1.807) is 24.7 Å². The molecule has 0 spiro atoms. The summed E-state index contributed by atoms with van der Waals surface area (Å²) in [6, 6.07) is 6.13. The van der Waals surface area contributed by atoms with Gasteiger partial charge in [-0.25, -0.2) is 27.8 Å². The van der Waals surface area contributed by atoms with E-state index in [1.165, 1.54) is 22.6 Å². The summed E-state index contributed by atoms with van der Waals surface area (Å²) in [5.41, 5.74) is 0.588. The lowest BCUT2D eigenvalue weighted by Gasteiger charge is -2.24. The van der Waals surface area contributed by atoms with Crippen molar-refractivity contribution in [2.75, 3.05) is 11.9 Å². The zero-order valence-electron chi connectivity index (χ0n) is 14.7. The van der Waals surface area contributed by atoms with Crippen LogP contribution in [-0.4, -0.2) is 39.2 Å². The Morgan fingerprint density at radius 1 is 1.07 bits per heavy atom. The maximum atomic E-state index is 13.2. The number of anilines is 2. The Kier molecular flexibility index (Phi) is 4.97. The van der Waals surface area contributed by atoms with Crippen molar-refractivity contribution in [2.24, 2.45) is 0 Å². The van der Waals surface area contributed by atoms with Crippen molar-refractivity contribution >= 4 is 21.8 Å². The van der Waals surface area contributed by atoms with E-state index in [-0.39, 0.29) is 4.90 Å². The molecular formula is C18H17FN6O2S. The molecule has 28 heavy (non-hydrogen) atoms. The number of sulfonamides is 1. The smallest absolute Gasteiger partial charge is 0.243 e. The molecule has 4 rings (SSSR count). The Balaban J connectivity index is 1.61. The third kappa shape index (κ3) is 3.69. The first-order valence-electron chi connectivity index (χ1n) is 8.67. The van der Waals surface area contributed by atoms with Gasteiger partial charge in [0, 0.05) is 25.1 Å². The highest BCUT2D eigenvalue weighted by molar-refractivity contribution is 7.89. The molecule has 3 heterocycles. The summed E-state index contributed by atoms with van der Waals surface area (Å²) < 4.78 is 40.6. The van der Waals surface area contributed by atoms with Crippen LogP contribution in [0.4, 0.5) is 16.2 Å². The van der Waals surface area contributed by atoms with Gasteiger partial charge in [0.15, 0.2) is 5.82 Å². The first-order valence-corrected chi connectivity index (χ1v) is 10.1. The lowest BCUT2D eigenvalue weighted by molar-refractivity contribution is 0.390. The van der Waals surface area contributed by atoms with Crippen molar-refractivity contribution in [3.8, 4) is 0 Å². The minimum Gasteiger partial charge on any atom is -0.307 e. The zero-order valence-corrected chi connectivity index (χ0v) is 15.6. The van der Waals surface area contributed by atoms with Gasteiger partial charge in [-0.2, -0.15) is 4.31 Å². The van der Waals surface area contributed by atoms with Crippen LogP contribution in [0.5, 0.6) is 0 Å². The van der Waals surface area contributed by atoms with Gasteiger partial charge < -0.3 is 5.32 Å². The summed E-state index contributed by atoms with van der Waals surface area (Å²) in [5.74, 6) is 0.318. The normalized spacial score (nSPS) is 17.5. The lowest BCUT2D eigenvalue weighted by atomic mass is 10.1. The van der Waals surface area contributed by atoms with E-state index in [2.05, 4.69) is 25.3 Å². The minimum atomic E-state index is -3.76. The second-order valence-corrected chi connectivity index (χ2v) is 8.14. The van der Waals surface area contributed by atoms with E-state index >= 15 is 0 Å². The second-order valence-electron chi connectivity index (χ2n) is 6.25. The topological polar surface area (TPSA) is 101 Å². The molecule has 1 atom stereocenters. The van der Waals surface area contributed by atoms with E-state index in [0.29, 0.717) is 36.8 Å². The average Bonchev–Trinajstić information content (AvgIpc) is 3.20. The van der Waals surface area contributed by atoms with Crippen LogP contribution in [0.25, 0.3) is 0 Å². The van der Waals surface area contributed by atoms with Gasteiger partial charge in [-0.1, -0.05) is 0 Å². The molecule has 0 radical (unpaired) electrons. The summed E-state index contributed by atoms with van der Waals surface area (Å²) >= 11 is 0. The molecule has 1 aromatic carbocycles. The van der Waals surface area contributed by atoms with Gasteiger partial charge in [0.05, 0.1) is 22.8 Å². The molecule has 1 aliphatic rings. The highest BCUT2D eigenvalue weighted by Crippen LogP contribution is 2.36. The Morgan fingerprint density at radius 2 is 1.89 bits per heavy atom. The van der Waals surface area contributed by atoms with Crippen LogP contribution in [0.3, 0.4) is 0 Å². The quantitative estimate of drug-likeness (QED) is 0.703. The van der Waals surface area contributed by atoms with Gasteiger partial charge in [0.25, 0.3) is 0 Å². The van der Waals surface area contributed by atoms with Crippen molar-refractivity contribution < 1.29 is 12.8 Å². The average molecular weight is 400 g/mol. The fourth-order valence-corrected chi connectivity index (χ4v) is 4.83.